The molecule has 0 amide bonds. The molecule has 0 spiro atoms. The van der Waals surface area contributed by atoms with Crippen LogP contribution >= 0.6 is 0 Å². The van der Waals surface area contributed by atoms with Crippen molar-refractivity contribution in [1.82, 2.24) is 0 Å². The quantitative estimate of drug-likeness (QED) is 0.490. The van der Waals surface area contributed by atoms with Gasteiger partial charge in [0.15, 0.2) is 0 Å². The Kier molecular flexibility index (Phi) is 4.77. The molecule has 1 rings (SSSR count). The molecule has 1 heteroatoms. The van der Waals surface area contributed by atoms with Crippen molar-refractivity contribution >= 4 is 0 Å². The molecule has 0 heterocycles. The van der Waals surface area contributed by atoms with E-state index in [0.717, 1.165) is 12.2 Å². The Labute approximate surface area is 80.0 Å². The second-order valence-electron chi connectivity index (χ2n) is 2.94. The zero-order valence-corrected chi connectivity index (χ0v) is 8.07. The number of hydrogen-bond donors (Lipinski definition) is 0. The van der Waals surface area contributed by atoms with E-state index in [2.05, 4.69) is 13.0 Å². The minimum atomic E-state index is 0.898. The molecule has 0 radical (unpaired) electrons. The second kappa shape index (κ2) is 6.30. The van der Waals surface area contributed by atoms with Gasteiger partial charge >= 0.3 is 0 Å². The highest BCUT2D eigenvalue weighted by molar-refractivity contribution is 5.21. The van der Waals surface area contributed by atoms with Crippen LogP contribution in [0.4, 0.5) is 0 Å². The fourth-order valence-corrected chi connectivity index (χ4v) is 1.02. The number of ether oxygens (including phenoxy) is 1. The Morgan fingerprint density at radius 1 is 1.23 bits per heavy atom. The number of para-hydroxylation sites is 1. The molecule has 0 saturated carbocycles. The first kappa shape index (κ1) is 9.85. The Morgan fingerprint density at radius 3 is 2.69 bits per heavy atom. The first-order chi connectivity index (χ1) is 6.43. The van der Waals surface area contributed by atoms with Crippen molar-refractivity contribution in [3.8, 4) is 5.75 Å². The summed E-state index contributed by atoms with van der Waals surface area (Å²) in [6.07, 6.45) is 7.40. The van der Waals surface area contributed by atoms with Gasteiger partial charge in [-0.2, -0.15) is 0 Å². The molecule has 0 unspecified atom stereocenters. The third-order valence-corrected chi connectivity index (χ3v) is 1.77. The standard InChI is InChI=1S/C12H16O/c1-2-3-4-8-11-13-12-9-6-5-7-10-12/h5-11H,2-4H2,1H3. The second-order valence-corrected chi connectivity index (χ2v) is 2.94. The molecule has 0 bridgehead atoms. The van der Waals surface area contributed by atoms with Gasteiger partial charge in [-0.05, 0) is 31.1 Å². The van der Waals surface area contributed by atoms with E-state index in [0.29, 0.717) is 0 Å². The van der Waals surface area contributed by atoms with Gasteiger partial charge in [-0.3, -0.25) is 0 Å². The van der Waals surface area contributed by atoms with Crippen LogP contribution < -0.4 is 4.74 Å². The Morgan fingerprint density at radius 2 is 2.00 bits per heavy atom. The van der Waals surface area contributed by atoms with Crippen LogP contribution in [-0.2, 0) is 0 Å². The molecule has 0 N–H and O–H groups in total. The highest BCUT2D eigenvalue weighted by Crippen LogP contribution is 2.08. The van der Waals surface area contributed by atoms with Crippen LogP contribution in [0.15, 0.2) is 42.7 Å². The third kappa shape index (κ3) is 4.36. The Hall–Kier alpha value is -1.24. The molecule has 0 fully saturated rings. The maximum Gasteiger partial charge on any atom is 0.126 e. The SMILES string of the molecule is CCCCC=COc1ccccc1. The van der Waals surface area contributed by atoms with Crippen LogP contribution in [0, 0.1) is 0 Å². The first-order valence-corrected chi connectivity index (χ1v) is 4.80. The van der Waals surface area contributed by atoms with Gasteiger partial charge in [0.2, 0.25) is 0 Å². The van der Waals surface area contributed by atoms with E-state index in [-0.39, 0.29) is 0 Å². The Balaban J connectivity index is 2.23. The van der Waals surface area contributed by atoms with Gasteiger partial charge in [0.1, 0.15) is 5.75 Å². The van der Waals surface area contributed by atoms with Crippen molar-refractivity contribution in [2.75, 3.05) is 0 Å². The van der Waals surface area contributed by atoms with E-state index in [1.54, 1.807) is 6.26 Å². The molecule has 1 aromatic rings. The molecule has 1 nitrogen and oxygen atoms in total. The molecular weight excluding hydrogens is 160 g/mol. The van der Waals surface area contributed by atoms with E-state index in [1.807, 2.05) is 30.3 Å². The van der Waals surface area contributed by atoms with Crippen molar-refractivity contribution in [2.24, 2.45) is 0 Å². The molecule has 0 aliphatic heterocycles. The van der Waals surface area contributed by atoms with Gasteiger partial charge in [0.25, 0.3) is 0 Å². The molecule has 0 atom stereocenters. The summed E-state index contributed by atoms with van der Waals surface area (Å²) in [5.74, 6) is 0.898. The van der Waals surface area contributed by atoms with Gasteiger partial charge in [0, 0.05) is 0 Å². The molecule has 0 aliphatic carbocycles. The number of hydrogen-bond acceptors (Lipinski definition) is 1. The highest BCUT2D eigenvalue weighted by atomic mass is 16.5. The fraction of sp³-hybridized carbons (Fsp3) is 0.333. The number of rotatable bonds is 5. The molecule has 0 aliphatic rings. The lowest BCUT2D eigenvalue weighted by atomic mass is 10.2. The monoisotopic (exact) mass is 176 g/mol. The molecule has 0 aromatic heterocycles. The van der Waals surface area contributed by atoms with Crippen LogP contribution in [0.1, 0.15) is 26.2 Å². The van der Waals surface area contributed by atoms with E-state index in [1.165, 1.54) is 12.8 Å². The van der Waals surface area contributed by atoms with Crippen LogP contribution in [0.25, 0.3) is 0 Å². The van der Waals surface area contributed by atoms with Gasteiger partial charge in [-0.15, -0.1) is 0 Å². The molecular formula is C12H16O. The van der Waals surface area contributed by atoms with Crippen LogP contribution in [0.2, 0.25) is 0 Å². The minimum Gasteiger partial charge on any atom is -0.465 e. The van der Waals surface area contributed by atoms with Gasteiger partial charge < -0.3 is 4.74 Å². The molecule has 0 saturated heterocycles. The summed E-state index contributed by atoms with van der Waals surface area (Å²) in [5.41, 5.74) is 0. The maximum atomic E-state index is 5.37. The predicted molar refractivity (Wildman–Crippen MR) is 55.7 cm³/mol. The summed E-state index contributed by atoms with van der Waals surface area (Å²) >= 11 is 0. The molecule has 13 heavy (non-hydrogen) atoms. The lowest BCUT2D eigenvalue weighted by Crippen LogP contribution is -1.80. The fourth-order valence-electron chi connectivity index (χ4n) is 1.02. The summed E-state index contributed by atoms with van der Waals surface area (Å²) in [7, 11) is 0. The normalized spacial score (nSPS) is 10.5. The third-order valence-electron chi connectivity index (χ3n) is 1.77. The average Bonchev–Trinajstić information content (AvgIpc) is 2.19. The van der Waals surface area contributed by atoms with Crippen LogP contribution in [0.3, 0.4) is 0 Å². The number of allylic oxidation sites excluding steroid dienone is 1. The van der Waals surface area contributed by atoms with E-state index < -0.39 is 0 Å². The molecule has 70 valence electrons. The highest BCUT2D eigenvalue weighted by Gasteiger charge is 1.85. The summed E-state index contributed by atoms with van der Waals surface area (Å²) < 4.78 is 5.37. The zero-order chi connectivity index (χ0) is 9.36. The van der Waals surface area contributed by atoms with E-state index in [4.69, 9.17) is 4.74 Å². The summed E-state index contributed by atoms with van der Waals surface area (Å²) in [6, 6.07) is 9.81. The average molecular weight is 176 g/mol. The van der Waals surface area contributed by atoms with Gasteiger partial charge in [-0.25, -0.2) is 0 Å². The topological polar surface area (TPSA) is 9.23 Å². The van der Waals surface area contributed by atoms with Crippen molar-refractivity contribution < 1.29 is 4.74 Å². The lowest BCUT2D eigenvalue weighted by molar-refractivity contribution is 0.478. The van der Waals surface area contributed by atoms with Gasteiger partial charge in [0.05, 0.1) is 6.26 Å². The van der Waals surface area contributed by atoms with Crippen molar-refractivity contribution in [3.05, 3.63) is 42.7 Å². The minimum absolute atomic E-state index is 0.898. The summed E-state index contributed by atoms with van der Waals surface area (Å²) in [4.78, 5) is 0. The van der Waals surface area contributed by atoms with E-state index in [9.17, 15) is 0 Å². The predicted octanol–water partition coefficient (Wildman–Crippen LogP) is 3.77. The van der Waals surface area contributed by atoms with Crippen molar-refractivity contribution in [2.45, 2.75) is 26.2 Å². The molecule has 1 aromatic carbocycles. The van der Waals surface area contributed by atoms with Crippen molar-refractivity contribution in [1.29, 1.82) is 0 Å². The van der Waals surface area contributed by atoms with Gasteiger partial charge in [-0.1, -0.05) is 31.5 Å². The lowest BCUT2D eigenvalue weighted by Gasteiger charge is -1.97. The smallest absolute Gasteiger partial charge is 0.126 e. The van der Waals surface area contributed by atoms with Crippen LogP contribution in [-0.4, -0.2) is 0 Å². The number of benzene rings is 1. The Bertz CT molecular complexity index is 239. The summed E-state index contributed by atoms with van der Waals surface area (Å²) in [6.45, 7) is 2.19. The maximum absolute atomic E-state index is 5.37. The first-order valence-electron chi connectivity index (χ1n) is 4.80. The zero-order valence-electron chi connectivity index (χ0n) is 8.07. The van der Waals surface area contributed by atoms with Crippen LogP contribution in [0.5, 0.6) is 5.75 Å². The largest absolute Gasteiger partial charge is 0.465 e. The number of unbranched alkanes of at least 4 members (excludes halogenated alkanes) is 2. The summed E-state index contributed by atoms with van der Waals surface area (Å²) in [5, 5.41) is 0. The van der Waals surface area contributed by atoms with E-state index >= 15 is 0 Å². The van der Waals surface area contributed by atoms with Crippen molar-refractivity contribution in [3.63, 3.8) is 0 Å².